The molecule has 2 aromatic rings. The third kappa shape index (κ3) is 3.46. The molecule has 0 radical (unpaired) electrons. The monoisotopic (exact) mass is 384 g/mol. The highest BCUT2D eigenvalue weighted by Gasteiger charge is 2.32. The Morgan fingerprint density at radius 1 is 1.25 bits per heavy atom. The molecule has 2 atom stereocenters. The first-order valence-electron chi connectivity index (χ1n) is 7.46. The van der Waals surface area contributed by atoms with Gasteiger partial charge in [0.25, 0.3) is 0 Å². The standard InChI is InChI=1S/C18H18Cl2N2O.ClH/c1-22-10-15(11-5-7-12(20)8-6-11)13-3-2-4-14(16(23)9-19)17(13)18(22)21;/h2-8,15,18H,9-10,21H2,1H3;1H. The number of nitrogens with two attached hydrogens (primary N) is 1. The van der Waals surface area contributed by atoms with Crippen LogP contribution in [0.1, 0.15) is 39.1 Å². The van der Waals surface area contributed by atoms with Crippen molar-refractivity contribution in [2.75, 3.05) is 19.5 Å². The number of alkyl halides is 1. The normalized spacial score (nSPS) is 20.2. The van der Waals surface area contributed by atoms with Gasteiger partial charge in [0.05, 0.1) is 12.0 Å². The van der Waals surface area contributed by atoms with Gasteiger partial charge in [0.2, 0.25) is 0 Å². The van der Waals surface area contributed by atoms with Crippen LogP contribution in [-0.4, -0.2) is 30.2 Å². The number of rotatable bonds is 3. The Bertz CT molecular complexity index is 734. The topological polar surface area (TPSA) is 46.3 Å². The van der Waals surface area contributed by atoms with E-state index in [1.807, 2.05) is 49.5 Å². The summed E-state index contributed by atoms with van der Waals surface area (Å²) in [6, 6.07) is 13.6. The van der Waals surface area contributed by atoms with Crippen molar-refractivity contribution >= 4 is 41.4 Å². The smallest absolute Gasteiger partial charge is 0.177 e. The maximum absolute atomic E-state index is 12.2. The maximum atomic E-state index is 12.2. The fourth-order valence-electron chi connectivity index (χ4n) is 3.23. The van der Waals surface area contributed by atoms with E-state index in [9.17, 15) is 4.79 Å². The number of carbonyl (C=O) groups is 1. The summed E-state index contributed by atoms with van der Waals surface area (Å²) >= 11 is 11.8. The molecule has 2 aromatic carbocycles. The molecule has 0 aliphatic carbocycles. The van der Waals surface area contributed by atoms with Crippen molar-refractivity contribution < 1.29 is 4.79 Å². The number of benzene rings is 2. The first-order chi connectivity index (χ1) is 11.0. The van der Waals surface area contributed by atoms with Crippen LogP contribution in [0.25, 0.3) is 0 Å². The Kier molecular flexibility index (Phi) is 6.29. The van der Waals surface area contributed by atoms with Crippen LogP contribution in [0.2, 0.25) is 5.02 Å². The average Bonchev–Trinajstić information content (AvgIpc) is 2.57. The summed E-state index contributed by atoms with van der Waals surface area (Å²) in [5, 5.41) is 0.709. The molecule has 1 aliphatic heterocycles. The number of fused-ring (bicyclic) bond motifs is 1. The molecule has 128 valence electrons. The molecular formula is C18H19Cl3N2O. The van der Waals surface area contributed by atoms with Gasteiger partial charge in [-0.15, -0.1) is 24.0 Å². The van der Waals surface area contributed by atoms with E-state index in [4.69, 9.17) is 28.9 Å². The van der Waals surface area contributed by atoms with Crippen molar-refractivity contribution in [1.82, 2.24) is 4.90 Å². The summed E-state index contributed by atoms with van der Waals surface area (Å²) in [5.74, 6) is 0.0117. The SMILES string of the molecule is CN1CC(c2ccc(Cl)cc2)c2cccc(C(=O)CCl)c2C1N.Cl. The van der Waals surface area contributed by atoms with E-state index in [1.54, 1.807) is 0 Å². The molecule has 3 nitrogen and oxygen atoms in total. The van der Waals surface area contributed by atoms with E-state index in [0.717, 1.165) is 23.2 Å². The number of hydrogen-bond acceptors (Lipinski definition) is 3. The van der Waals surface area contributed by atoms with Crippen molar-refractivity contribution in [1.29, 1.82) is 0 Å². The molecule has 3 rings (SSSR count). The molecule has 1 aliphatic rings. The number of halogens is 3. The minimum absolute atomic E-state index is 0. The zero-order valence-electron chi connectivity index (χ0n) is 13.2. The van der Waals surface area contributed by atoms with E-state index in [0.29, 0.717) is 10.6 Å². The van der Waals surface area contributed by atoms with E-state index in [1.165, 1.54) is 0 Å². The number of nitrogens with zero attached hydrogens (tertiary/aromatic N) is 1. The van der Waals surface area contributed by atoms with Crippen LogP contribution in [-0.2, 0) is 0 Å². The summed E-state index contributed by atoms with van der Waals surface area (Å²) in [6.07, 6.45) is -0.308. The van der Waals surface area contributed by atoms with Gasteiger partial charge in [0, 0.05) is 23.0 Å². The van der Waals surface area contributed by atoms with Crippen LogP contribution in [0, 0.1) is 0 Å². The molecule has 0 spiro atoms. The first-order valence-corrected chi connectivity index (χ1v) is 8.37. The third-order valence-electron chi connectivity index (χ3n) is 4.45. The fourth-order valence-corrected chi connectivity index (χ4v) is 3.50. The van der Waals surface area contributed by atoms with E-state index in [2.05, 4.69) is 4.90 Å². The zero-order valence-corrected chi connectivity index (χ0v) is 15.5. The quantitative estimate of drug-likeness (QED) is 0.635. The summed E-state index contributed by atoms with van der Waals surface area (Å²) in [5.41, 5.74) is 10.1. The van der Waals surface area contributed by atoms with Crippen LogP contribution >= 0.6 is 35.6 Å². The molecule has 0 bridgehead atoms. The van der Waals surface area contributed by atoms with Gasteiger partial charge in [-0.05, 0) is 35.9 Å². The number of likely N-dealkylation sites (N-methyl/N-ethyl adjacent to an activating group) is 1. The van der Waals surface area contributed by atoms with Crippen molar-refractivity contribution in [2.45, 2.75) is 12.1 Å². The molecule has 6 heteroatoms. The highest BCUT2D eigenvalue weighted by Crippen LogP contribution is 2.38. The van der Waals surface area contributed by atoms with Gasteiger partial charge in [-0.2, -0.15) is 0 Å². The summed E-state index contributed by atoms with van der Waals surface area (Å²) < 4.78 is 0. The zero-order chi connectivity index (χ0) is 16.6. The predicted molar refractivity (Wildman–Crippen MR) is 102 cm³/mol. The predicted octanol–water partition coefficient (Wildman–Crippen LogP) is 4.22. The Balaban J connectivity index is 0.00000208. The van der Waals surface area contributed by atoms with Gasteiger partial charge in [-0.25, -0.2) is 0 Å². The highest BCUT2D eigenvalue weighted by atomic mass is 35.5. The Hall–Kier alpha value is -1.10. The summed E-state index contributed by atoms with van der Waals surface area (Å²) in [7, 11) is 1.97. The number of ketones is 1. The lowest BCUT2D eigenvalue weighted by Crippen LogP contribution is -2.41. The minimum atomic E-state index is -0.308. The lowest BCUT2D eigenvalue weighted by molar-refractivity contribution is 0.101. The molecule has 2 unspecified atom stereocenters. The van der Waals surface area contributed by atoms with Crippen molar-refractivity contribution in [3.05, 3.63) is 69.7 Å². The molecule has 0 amide bonds. The van der Waals surface area contributed by atoms with Gasteiger partial charge in [-0.3, -0.25) is 9.69 Å². The van der Waals surface area contributed by atoms with Crippen molar-refractivity contribution in [3.63, 3.8) is 0 Å². The van der Waals surface area contributed by atoms with Gasteiger partial charge in [0.1, 0.15) is 0 Å². The van der Waals surface area contributed by atoms with Gasteiger partial charge in [-0.1, -0.05) is 41.9 Å². The maximum Gasteiger partial charge on any atom is 0.177 e. The lowest BCUT2D eigenvalue weighted by Gasteiger charge is -2.38. The Morgan fingerprint density at radius 3 is 2.54 bits per heavy atom. The van der Waals surface area contributed by atoms with Gasteiger partial charge in [0.15, 0.2) is 5.78 Å². The number of carbonyl (C=O) groups excluding carboxylic acids is 1. The molecular weight excluding hydrogens is 367 g/mol. The Morgan fingerprint density at radius 2 is 1.92 bits per heavy atom. The molecule has 0 saturated heterocycles. The average molecular weight is 386 g/mol. The molecule has 0 fully saturated rings. The molecule has 2 N–H and O–H groups in total. The largest absolute Gasteiger partial charge is 0.312 e. The fraction of sp³-hybridized carbons (Fsp3) is 0.278. The molecule has 24 heavy (non-hydrogen) atoms. The van der Waals surface area contributed by atoms with Gasteiger partial charge < -0.3 is 5.73 Å². The van der Waals surface area contributed by atoms with Crippen LogP contribution in [0.4, 0.5) is 0 Å². The third-order valence-corrected chi connectivity index (χ3v) is 4.95. The van der Waals surface area contributed by atoms with E-state index < -0.39 is 0 Å². The lowest BCUT2D eigenvalue weighted by atomic mass is 9.81. The second kappa shape index (κ2) is 7.85. The van der Waals surface area contributed by atoms with Crippen LogP contribution in [0.3, 0.4) is 0 Å². The van der Waals surface area contributed by atoms with Crippen molar-refractivity contribution in [3.8, 4) is 0 Å². The number of Topliss-reactive ketones (excluding diaryl/α,β-unsaturated/α-hetero) is 1. The second-order valence-corrected chi connectivity index (χ2v) is 6.56. The summed E-state index contributed by atoms with van der Waals surface area (Å²) in [6.45, 7) is 0.786. The van der Waals surface area contributed by atoms with Crippen LogP contribution in [0.15, 0.2) is 42.5 Å². The minimum Gasteiger partial charge on any atom is -0.312 e. The number of hydrogen-bond donors (Lipinski definition) is 1. The van der Waals surface area contributed by atoms with Crippen molar-refractivity contribution in [2.24, 2.45) is 5.73 Å². The van der Waals surface area contributed by atoms with E-state index >= 15 is 0 Å². The highest BCUT2D eigenvalue weighted by molar-refractivity contribution is 6.31. The second-order valence-electron chi connectivity index (χ2n) is 5.85. The molecule has 0 aromatic heterocycles. The first kappa shape index (κ1) is 19.2. The van der Waals surface area contributed by atoms with E-state index in [-0.39, 0.29) is 36.2 Å². The molecule has 1 heterocycles. The van der Waals surface area contributed by atoms with Gasteiger partial charge >= 0.3 is 0 Å². The molecule has 0 saturated carbocycles. The van der Waals surface area contributed by atoms with Crippen LogP contribution < -0.4 is 5.73 Å². The Labute approximate surface area is 158 Å². The van der Waals surface area contributed by atoms with Crippen LogP contribution in [0.5, 0.6) is 0 Å². The summed E-state index contributed by atoms with van der Waals surface area (Å²) in [4.78, 5) is 14.3.